The molecule has 0 aliphatic heterocycles. The molecule has 110 valence electrons. The number of carbonyl (C=O) groups excluding carboxylic acids is 1. The maximum Gasteiger partial charge on any atom is 0.302 e. The second kappa shape index (κ2) is 6.13. The van der Waals surface area contributed by atoms with E-state index in [4.69, 9.17) is 16.3 Å². The summed E-state index contributed by atoms with van der Waals surface area (Å²) < 4.78 is 43.2. The molecule has 0 radical (unpaired) electrons. The Morgan fingerprint density at radius 3 is 2.57 bits per heavy atom. The quantitative estimate of drug-likeness (QED) is 0.801. The highest BCUT2D eigenvalue weighted by atomic mass is 35.5. The zero-order chi connectivity index (χ0) is 15.6. The maximum atomic E-state index is 13.2. The molecule has 0 amide bonds. The van der Waals surface area contributed by atoms with Crippen LogP contribution in [0.4, 0.5) is 13.2 Å². The number of methoxy groups -OCH3 is 1. The molecule has 0 aliphatic carbocycles. The monoisotopic (exact) mass is 315 g/mol. The van der Waals surface area contributed by atoms with Gasteiger partial charge < -0.3 is 4.74 Å². The first-order valence-electron chi connectivity index (χ1n) is 5.77. The van der Waals surface area contributed by atoms with Crippen molar-refractivity contribution in [3.8, 4) is 17.0 Å². The Hall–Kier alpha value is -2.08. The standard InChI is InChI=1S/C14H9ClF3NO2/c1-21-11-5-4-10(13(20)14(17)18)19-12(11)7-2-3-9(16)8(15)6-7/h2-6,14H,1H3. The van der Waals surface area contributed by atoms with Crippen molar-refractivity contribution in [3.05, 3.63) is 46.9 Å². The van der Waals surface area contributed by atoms with Crippen LogP contribution in [0, 0.1) is 5.82 Å². The molecule has 0 spiro atoms. The molecule has 1 aromatic heterocycles. The Kier molecular flexibility index (Phi) is 4.47. The van der Waals surface area contributed by atoms with Gasteiger partial charge >= 0.3 is 6.43 Å². The van der Waals surface area contributed by atoms with Crippen LogP contribution in [-0.4, -0.2) is 24.3 Å². The fraction of sp³-hybridized carbons (Fsp3) is 0.143. The molecule has 1 heterocycles. The topological polar surface area (TPSA) is 39.2 Å². The molecular weight excluding hydrogens is 307 g/mol. The molecule has 21 heavy (non-hydrogen) atoms. The van der Waals surface area contributed by atoms with Crippen molar-refractivity contribution < 1.29 is 22.7 Å². The van der Waals surface area contributed by atoms with Gasteiger partial charge in [-0.2, -0.15) is 0 Å². The Balaban J connectivity index is 2.57. The van der Waals surface area contributed by atoms with Gasteiger partial charge in [0.1, 0.15) is 23.0 Å². The van der Waals surface area contributed by atoms with Crippen LogP contribution in [0.3, 0.4) is 0 Å². The zero-order valence-corrected chi connectivity index (χ0v) is 11.5. The van der Waals surface area contributed by atoms with Crippen LogP contribution >= 0.6 is 11.6 Å². The highest BCUT2D eigenvalue weighted by Crippen LogP contribution is 2.31. The van der Waals surface area contributed by atoms with Gasteiger partial charge in [-0.25, -0.2) is 18.2 Å². The number of rotatable bonds is 4. The third kappa shape index (κ3) is 3.16. The summed E-state index contributed by atoms with van der Waals surface area (Å²) in [6.07, 6.45) is -3.16. The number of Topliss-reactive ketones (excluding diaryl/α,β-unsaturated/α-hetero) is 1. The number of halogens is 4. The van der Waals surface area contributed by atoms with Gasteiger partial charge in [-0.1, -0.05) is 11.6 Å². The van der Waals surface area contributed by atoms with E-state index in [-0.39, 0.29) is 16.5 Å². The average molecular weight is 316 g/mol. The Bertz CT molecular complexity index is 692. The normalized spacial score (nSPS) is 10.8. The lowest BCUT2D eigenvalue weighted by Crippen LogP contribution is -2.12. The van der Waals surface area contributed by atoms with E-state index in [2.05, 4.69) is 4.98 Å². The van der Waals surface area contributed by atoms with Crippen LogP contribution in [0.15, 0.2) is 30.3 Å². The van der Waals surface area contributed by atoms with E-state index in [1.165, 1.54) is 25.3 Å². The van der Waals surface area contributed by atoms with Gasteiger partial charge in [-0.3, -0.25) is 4.79 Å². The summed E-state index contributed by atoms with van der Waals surface area (Å²) in [7, 11) is 1.36. The first kappa shape index (κ1) is 15.3. The molecule has 0 bridgehead atoms. The second-order valence-electron chi connectivity index (χ2n) is 4.04. The second-order valence-corrected chi connectivity index (χ2v) is 4.45. The molecule has 1 aromatic carbocycles. The van der Waals surface area contributed by atoms with Crippen molar-refractivity contribution in [2.75, 3.05) is 7.11 Å². The van der Waals surface area contributed by atoms with Crippen LogP contribution in [0.1, 0.15) is 10.5 Å². The van der Waals surface area contributed by atoms with E-state index in [0.29, 0.717) is 5.56 Å². The van der Waals surface area contributed by atoms with Crippen molar-refractivity contribution in [3.63, 3.8) is 0 Å². The van der Waals surface area contributed by atoms with E-state index in [1.807, 2.05) is 0 Å². The fourth-order valence-electron chi connectivity index (χ4n) is 1.71. The van der Waals surface area contributed by atoms with Crippen molar-refractivity contribution in [2.45, 2.75) is 6.43 Å². The number of benzene rings is 1. The molecule has 7 heteroatoms. The summed E-state index contributed by atoms with van der Waals surface area (Å²) in [6, 6.07) is 6.23. The molecule has 3 nitrogen and oxygen atoms in total. The lowest BCUT2D eigenvalue weighted by molar-refractivity contribution is 0.0673. The van der Waals surface area contributed by atoms with Crippen molar-refractivity contribution in [2.24, 2.45) is 0 Å². The van der Waals surface area contributed by atoms with E-state index in [0.717, 1.165) is 12.1 Å². The first-order chi connectivity index (χ1) is 9.93. The molecule has 2 aromatic rings. The van der Waals surface area contributed by atoms with E-state index < -0.39 is 23.7 Å². The van der Waals surface area contributed by atoms with Gasteiger partial charge in [0.2, 0.25) is 5.78 Å². The van der Waals surface area contributed by atoms with E-state index in [1.54, 1.807) is 0 Å². The smallest absolute Gasteiger partial charge is 0.302 e. The summed E-state index contributed by atoms with van der Waals surface area (Å²) in [4.78, 5) is 15.2. The number of pyridine rings is 1. The molecule has 0 fully saturated rings. The molecule has 0 aliphatic rings. The number of ether oxygens (including phenoxy) is 1. The first-order valence-corrected chi connectivity index (χ1v) is 6.14. The molecule has 0 saturated heterocycles. The molecule has 0 N–H and O–H groups in total. The van der Waals surface area contributed by atoms with Gasteiger partial charge in [0.25, 0.3) is 0 Å². The summed E-state index contributed by atoms with van der Waals surface area (Å²) in [5.41, 5.74) is 0.0781. The Morgan fingerprint density at radius 1 is 1.29 bits per heavy atom. The number of alkyl halides is 2. The van der Waals surface area contributed by atoms with Gasteiger partial charge in [-0.05, 0) is 30.3 Å². The van der Waals surface area contributed by atoms with E-state index >= 15 is 0 Å². The predicted molar refractivity (Wildman–Crippen MR) is 71.5 cm³/mol. The Labute approximate surface area is 123 Å². The molecule has 0 unspecified atom stereocenters. The van der Waals surface area contributed by atoms with Gasteiger partial charge in [-0.15, -0.1) is 0 Å². The molecular formula is C14H9ClF3NO2. The molecule has 2 rings (SSSR count). The Morgan fingerprint density at radius 2 is 2.00 bits per heavy atom. The van der Waals surface area contributed by atoms with Gasteiger partial charge in [0.05, 0.1) is 12.1 Å². The van der Waals surface area contributed by atoms with Crippen molar-refractivity contribution in [1.82, 2.24) is 4.98 Å². The third-order valence-electron chi connectivity index (χ3n) is 2.72. The number of hydrogen-bond donors (Lipinski definition) is 0. The van der Waals surface area contributed by atoms with Crippen LogP contribution < -0.4 is 4.74 Å². The SMILES string of the molecule is COc1ccc(C(=O)C(F)F)nc1-c1ccc(F)c(Cl)c1. The number of hydrogen-bond acceptors (Lipinski definition) is 3. The summed E-state index contributed by atoms with van der Waals surface area (Å²) in [5, 5.41) is -0.151. The minimum atomic E-state index is -3.16. The van der Waals surface area contributed by atoms with Crippen LogP contribution in [0.2, 0.25) is 5.02 Å². The maximum absolute atomic E-state index is 13.2. The highest BCUT2D eigenvalue weighted by molar-refractivity contribution is 6.31. The molecule has 0 saturated carbocycles. The predicted octanol–water partition coefficient (Wildman–Crippen LogP) is 4.00. The lowest BCUT2D eigenvalue weighted by atomic mass is 10.1. The van der Waals surface area contributed by atoms with Crippen LogP contribution in [0.25, 0.3) is 11.3 Å². The van der Waals surface area contributed by atoms with Gasteiger partial charge in [0.15, 0.2) is 0 Å². The third-order valence-corrected chi connectivity index (χ3v) is 3.01. The van der Waals surface area contributed by atoms with Crippen molar-refractivity contribution >= 4 is 17.4 Å². The number of ketones is 1. The minimum absolute atomic E-state index is 0.130. The summed E-state index contributed by atoms with van der Waals surface area (Å²) >= 11 is 5.68. The molecule has 0 atom stereocenters. The number of carbonyl (C=O) groups is 1. The summed E-state index contributed by atoms with van der Waals surface area (Å²) in [5.74, 6) is -1.77. The van der Waals surface area contributed by atoms with Crippen molar-refractivity contribution in [1.29, 1.82) is 0 Å². The lowest BCUT2D eigenvalue weighted by Gasteiger charge is -2.10. The number of nitrogens with zero attached hydrogens (tertiary/aromatic N) is 1. The van der Waals surface area contributed by atoms with Crippen LogP contribution in [-0.2, 0) is 0 Å². The van der Waals surface area contributed by atoms with Gasteiger partial charge in [0, 0.05) is 5.56 Å². The fourth-order valence-corrected chi connectivity index (χ4v) is 1.89. The summed E-state index contributed by atoms with van der Waals surface area (Å²) in [6.45, 7) is 0. The average Bonchev–Trinajstić information content (AvgIpc) is 2.48. The minimum Gasteiger partial charge on any atom is -0.494 e. The van der Waals surface area contributed by atoms with Crippen LogP contribution in [0.5, 0.6) is 5.75 Å². The number of aromatic nitrogens is 1. The highest BCUT2D eigenvalue weighted by Gasteiger charge is 2.21. The largest absolute Gasteiger partial charge is 0.494 e. The van der Waals surface area contributed by atoms with E-state index in [9.17, 15) is 18.0 Å². The zero-order valence-electron chi connectivity index (χ0n) is 10.7.